The molecule has 0 fully saturated rings. The maximum Gasteiger partial charge on any atom is 0.307 e. The van der Waals surface area contributed by atoms with Crippen LogP contribution in [-0.4, -0.2) is 17.2 Å². The molecule has 3 rings (SSSR count). The van der Waals surface area contributed by atoms with Gasteiger partial charge >= 0.3 is 5.97 Å². The highest BCUT2D eigenvalue weighted by atomic mass is 127. The minimum absolute atomic E-state index is 0. The molecule has 0 aliphatic carbocycles. The summed E-state index contributed by atoms with van der Waals surface area (Å²) in [5.74, 6) is -0.748. The van der Waals surface area contributed by atoms with E-state index in [1.807, 2.05) is 54.6 Å². The summed E-state index contributed by atoms with van der Waals surface area (Å²) in [6.07, 6.45) is 0.785. The number of aliphatic carboxylic acids is 1. The van der Waals surface area contributed by atoms with Crippen molar-refractivity contribution in [3.8, 4) is 0 Å². The molecule has 0 aromatic heterocycles. The minimum Gasteiger partial charge on any atom is -1.00 e. The van der Waals surface area contributed by atoms with Gasteiger partial charge in [0.2, 0.25) is 0 Å². The van der Waals surface area contributed by atoms with E-state index in [9.17, 15) is 9.90 Å². The number of rotatable bonds is 6. The van der Waals surface area contributed by atoms with Crippen molar-refractivity contribution >= 4 is 29.1 Å². The Hall–Kier alpha value is -1.71. The summed E-state index contributed by atoms with van der Waals surface area (Å²) in [6.45, 7) is 0. The number of carbonyl (C=O) groups is 1. The summed E-state index contributed by atoms with van der Waals surface area (Å²) in [7, 11) is -1.99. The zero-order valence-corrected chi connectivity index (χ0v) is 16.8. The molecule has 0 bridgehead atoms. The van der Waals surface area contributed by atoms with E-state index >= 15 is 0 Å². The lowest BCUT2D eigenvalue weighted by Gasteiger charge is -2.27. The summed E-state index contributed by atoms with van der Waals surface area (Å²) < 4.78 is 0. The Bertz CT molecular complexity index is 695. The first-order valence-corrected chi connectivity index (χ1v) is 9.97. The second kappa shape index (κ2) is 9.12. The number of hydrogen-bond acceptors (Lipinski definition) is 1. The highest BCUT2D eigenvalue weighted by Gasteiger charge is 2.45. The summed E-state index contributed by atoms with van der Waals surface area (Å²) in [5, 5.41) is 13.0. The third kappa shape index (κ3) is 4.28. The Morgan fingerprint density at radius 2 is 1.00 bits per heavy atom. The van der Waals surface area contributed by atoms with Crippen molar-refractivity contribution in [3.63, 3.8) is 0 Å². The fourth-order valence-electron chi connectivity index (χ4n) is 3.15. The van der Waals surface area contributed by atoms with Gasteiger partial charge in [0.25, 0.3) is 0 Å². The van der Waals surface area contributed by atoms with Crippen molar-refractivity contribution in [1.82, 2.24) is 0 Å². The van der Waals surface area contributed by atoms with Crippen LogP contribution in [0.5, 0.6) is 0 Å². The van der Waals surface area contributed by atoms with E-state index in [1.165, 1.54) is 15.9 Å². The molecule has 4 heteroatoms. The zero-order chi connectivity index (χ0) is 16.8. The van der Waals surface area contributed by atoms with Gasteiger partial charge < -0.3 is 29.1 Å². The van der Waals surface area contributed by atoms with Gasteiger partial charge in [-0.1, -0.05) is 54.6 Å². The lowest BCUT2D eigenvalue weighted by atomic mass is 10.4. The quantitative estimate of drug-likeness (QED) is 0.427. The third-order valence-electron chi connectivity index (χ3n) is 4.25. The Morgan fingerprint density at radius 3 is 1.28 bits per heavy atom. The van der Waals surface area contributed by atoms with Crippen LogP contribution >= 0.6 is 7.26 Å². The monoisotopic (exact) mass is 462 g/mol. The molecule has 0 radical (unpaired) electrons. The maximum absolute atomic E-state index is 11.4. The van der Waals surface area contributed by atoms with Crippen LogP contribution in [0.4, 0.5) is 0 Å². The maximum atomic E-state index is 11.4. The Balaban J connectivity index is 0.00000225. The van der Waals surface area contributed by atoms with E-state index in [0.717, 1.165) is 0 Å². The van der Waals surface area contributed by atoms with E-state index in [2.05, 4.69) is 36.4 Å². The van der Waals surface area contributed by atoms with Crippen LogP contribution in [0, 0.1) is 0 Å². The normalized spacial score (nSPS) is 10.7. The second-order valence-electron chi connectivity index (χ2n) is 5.68. The fraction of sp³-hybridized carbons (Fsp3) is 0.0952. The molecule has 0 spiro atoms. The first kappa shape index (κ1) is 19.6. The van der Waals surface area contributed by atoms with Crippen LogP contribution in [0.25, 0.3) is 0 Å². The number of hydrogen-bond donors (Lipinski definition) is 1. The largest absolute Gasteiger partial charge is 1.00 e. The molecule has 0 heterocycles. The lowest BCUT2D eigenvalue weighted by Crippen LogP contribution is -3.00. The molecule has 1 N–H and O–H groups in total. The van der Waals surface area contributed by atoms with Gasteiger partial charge in [0.15, 0.2) is 0 Å². The van der Waals surface area contributed by atoms with Gasteiger partial charge in [-0.15, -0.1) is 0 Å². The number of benzene rings is 3. The molecule has 128 valence electrons. The van der Waals surface area contributed by atoms with Gasteiger partial charge in [-0.25, -0.2) is 0 Å². The van der Waals surface area contributed by atoms with Gasteiger partial charge in [-0.05, 0) is 36.4 Å². The average Bonchev–Trinajstić information content (AvgIpc) is 2.65. The molecular formula is C21H20IO2P. The molecule has 0 amide bonds. The highest BCUT2D eigenvalue weighted by Crippen LogP contribution is 2.55. The Kier molecular flexibility index (Phi) is 7.15. The molecule has 0 atom stereocenters. The van der Waals surface area contributed by atoms with Crippen LogP contribution in [0.2, 0.25) is 0 Å². The molecule has 3 aromatic rings. The molecule has 25 heavy (non-hydrogen) atoms. The van der Waals surface area contributed by atoms with Crippen molar-refractivity contribution in [2.75, 3.05) is 6.16 Å². The summed E-state index contributed by atoms with van der Waals surface area (Å²) in [5.41, 5.74) is 0. The molecule has 0 saturated heterocycles. The minimum atomic E-state index is -1.99. The molecule has 0 aliphatic heterocycles. The first-order valence-electron chi connectivity index (χ1n) is 8.00. The van der Waals surface area contributed by atoms with Crippen LogP contribution in [-0.2, 0) is 4.79 Å². The molecule has 0 unspecified atom stereocenters. The lowest BCUT2D eigenvalue weighted by molar-refractivity contribution is -0.136. The number of halogens is 1. The zero-order valence-electron chi connectivity index (χ0n) is 13.8. The van der Waals surface area contributed by atoms with Gasteiger partial charge in [0.1, 0.15) is 23.2 Å². The van der Waals surface area contributed by atoms with Crippen LogP contribution < -0.4 is 39.9 Å². The topological polar surface area (TPSA) is 37.3 Å². The van der Waals surface area contributed by atoms with Crippen LogP contribution in [0.15, 0.2) is 91.0 Å². The summed E-state index contributed by atoms with van der Waals surface area (Å²) >= 11 is 0. The molecule has 0 aliphatic rings. The SMILES string of the molecule is O=C(O)CC[P+](c1ccccc1)(c1ccccc1)c1ccccc1.[I-]. The van der Waals surface area contributed by atoms with Gasteiger partial charge in [-0.3, -0.25) is 4.79 Å². The molecule has 2 nitrogen and oxygen atoms in total. The summed E-state index contributed by atoms with van der Waals surface area (Å²) in [4.78, 5) is 11.4. The van der Waals surface area contributed by atoms with Gasteiger partial charge in [0, 0.05) is 0 Å². The van der Waals surface area contributed by atoms with E-state index in [4.69, 9.17) is 0 Å². The fourth-order valence-corrected chi connectivity index (χ4v) is 7.38. The molecule has 0 saturated carbocycles. The van der Waals surface area contributed by atoms with Crippen molar-refractivity contribution in [2.45, 2.75) is 6.42 Å². The first-order chi connectivity index (χ1) is 11.7. The summed E-state index contributed by atoms with van der Waals surface area (Å²) in [6, 6.07) is 31.1. The van der Waals surface area contributed by atoms with Crippen molar-refractivity contribution in [2.24, 2.45) is 0 Å². The molecular weight excluding hydrogens is 442 g/mol. The van der Waals surface area contributed by atoms with Crippen molar-refractivity contribution < 1.29 is 33.9 Å². The van der Waals surface area contributed by atoms with E-state index in [1.54, 1.807) is 0 Å². The standard InChI is InChI=1S/C21H19O2P.HI/c22-21(23)16-17-24(18-10-4-1-5-11-18,19-12-6-2-7-13-19)20-14-8-3-9-15-20;/h1-15H,16-17H2;1H. The Labute approximate surface area is 166 Å². The number of carboxylic acid groups (broad SMARTS) is 1. The van der Waals surface area contributed by atoms with Crippen LogP contribution in [0.3, 0.4) is 0 Å². The second-order valence-corrected chi connectivity index (χ2v) is 9.30. The third-order valence-corrected chi connectivity index (χ3v) is 8.69. The smallest absolute Gasteiger partial charge is 0.307 e. The van der Waals surface area contributed by atoms with Gasteiger partial charge in [0.05, 0.1) is 12.6 Å². The Morgan fingerprint density at radius 1 is 0.680 bits per heavy atom. The van der Waals surface area contributed by atoms with E-state index in [-0.39, 0.29) is 30.4 Å². The van der Waals surface area contributed by atoms with Crippen LogP contribution in [0.1, 0.15) is 6.42 Å². The van der Waals surface area contributed by atoms with E-state index in [0.29, 0.717) is 6.16 Å². The average molecular weight is 462 g/mol. The van der Waals surface area contributed by atoms with E-state index < -0.39 is 13.2 Å². The predicted octanol–water partition coefficient (Wildman–Crippen LogP) is 0.459. The van der Waals surface area contributed by atoms with Crippen molar-refractivity contribution in [3.05, 3.63) is 91.0 Å². The molecule has 3 aromatic carbocycles. The number of carboxylic acids is 1. The van der Waals surface area contributed by atoms with Crippen molar-refractivity contribution in [1.29, 1.82) is 0 Å². The highest BCUT2D eigenvalue weighted by molar-refractivity contribution is 7.95. The predicted molar refractivity (Wildman–Crippen MR) is 102 cm³/mol. The van der Waals surface area contributed by atoms with Gasteiger partial charge in [-0.2, -0.15) is 0 Å².